The second-order valence-electron chi connectivity index (χ2n) is 7.58. The van der Waals surface area contributed by atoms with Gasteiger partial charge in [0.1, 0.15) is 6.61 Å². The van der Waals surface area contributed by atoms with Crippen LogP contribution in [-0.4, -0.2) is 73.0 Å². The SMILES string of the molecule is CC(=O)N1CCC(CC(=O)NCC2CN(CC(C)C)C(=O)CO2)CC1. The van der Waals surface area contributed by atoms with Crippen molar-refractivity contribution in [1.29, 1.82) is 0 Å². The van der Waals surface area contributed by atoms with E-state index in [1.165, 1.54) is 0 Å². The van der Waals surface area contributed by atoms with Gasteiger partial charge in [-0.2, -0.15) is 0 Å². The van der Waals surface area contributed by atoms with Gasteiger partial charge in [-0.3, -0.25) is 14.4 Å². The second kappa shape index (κ2) is 9.17. The fourth-order valence-electron chi connectivity index (χ4n) is 3.44. The summed E-state index contributed by atoms with van der Waals surface area (Å²) in [6.07, 6.45) is 2.11. The van der Waals surface area contributed by atoms with Crippen molar-refractivity contribution in [2.45, 2.75) is 46.1 Å². The van der Waals surface area contributed by atoms with Gasteiger partial charge in [0.05, 0.1) is 6.10 Å². The smallest absolute Gasteiger partial charge is 0.248 e. The molecule has 2 rings (SSSR count). The van der Waals surface area contributed by atoms with E-state index in [-0.39, 0.29) is 30.4 Å². The van der Waals surface area contributed by atoms with Gasteiger partial charge in [0.15, 0.2) is 0 Å². The number of nitrogens with zero attached hydrogens (tertiary/aromatic N) is 2. The van der Waals surface area contributed by atoms with Crippen LogP contribution >= 0.6 is 0 Å². The first kappa shape index (κ1) is 19.7. The van der Waals surface area contributed by atoms with Gasteiger partial charge >= 0.3 is 0 Å². The molecule has 7 nitrogen and oxygen atoms in total. The Balaban J connectivity index is 1.68. The number of hydrogen-bond donors (Lipinski definition) is 1. The van der Waals surface area contributed by atoms with Crippen LogP contribution in [0, 0.1) is 11.8 Å². The maximum Gasteiger partial charge on any atom is 0.248 e. The quantitative estimate of drug-likeness (QED) is 0.760. The molecule has 2 aliphatic rings. The third kappa shape index (κ3) is 6.30. The number of carbonyl (C=O) groups is 3. The van der Waals surface area contributed by atoms with Crippen LogP contribution in [0.15, 0.2) is 0 Å². The van der Waals surface area contributed by atoms with Crippen LogP contribution < -0.4 is 5.32 Å². The van der Waals surface area contributed by atoms with E-state index in [1.807, 2.05) is 9.80 Å². The molecule has 2 heterocycles. The molecule has 0 bridgehead atoms. The monoisotopic (exact) mass is 353 g/mol. The van der Waals surface area contributed by atoms with Gasteiger partial charge in [0.25, 0.3) is 0 Å². The Bertz CT molecular complexity index is 487. The van der Waals surface area contributed by atoms with E-state index in [1.54, 1.807) is 6.92 Å². The number of ether oxygens (including phenoxy) is 1. The van der Waals surface area contributed by atoms with Gasteiger partial charge in [-0.1, -0.05) is 13.8 Å². The van der Waals surface area contributed by atoms with E-state index in [4.69, 9.17) is 4.74 Å². The molecule has 2 saturated heterocycles. The van der Waals surface area contributed by atoms with Crippen molar-refractivity contribution < 1.29 is 19.1 Å². The molecule has 7 heteroatoms. The molecule has 1 atom stereocenters. The topological polar surface area (TPSA) is 79.0 Å². The van der Waals surface area contributed by atoms with E-state index in [0.717, 1.165) is 32.5 Å². The van der Waals surface area contributed by atoms with Gasteiger partial charge < -0.3 is 19.9 Å². The number of morpholine rings is 1. The number of nitrogens with one attached hydrogen (secondary N) is 1. The first-order chi connectivity index (χ1) is 11.8. The van der Waals surface area contributed by atoms with Crippen molar-refractivity contribution in [3.8, 4) is 0 Å². The third-order valence-electron chi connectivity index (χ3n) is 4.87. The Morgan fingerprint density at radius 1 is 1.28 bits per heavy atom. The summed E-state index contributed by atoms with van der Waals surface area (Å²) in [6, 6.07) is 0. The molecule has 0 radical (unpaired) electrons. The van der Waals surface area contributed by atoms with Crippen LogP contribution in [0.4, 0.5) is 0 Å². The summed E-state index contributed by atoms with van der Waals surface area (Å²) >= 11 is 0. The van der Waals surface area contributed by atoms with Crippen molar-refractivity contribution in [1.82, 2.24) is 15.1 Å². The van der Waals surface area contributed by atoms with Crippen molar-refractivity contribution in [2.24, 2.45) is 11.8 Å². The number of rotatable bonds is 6. The highest BCUT2D eigenvalue weighted by Crippen LogP contribution is 2.20. The Morgan fingerprint density at radius 2 is 1.96 bits per heavy atom. The minimum absolute atomic E-state index is 0.0218. The molecule has 1 N–H and O–H groups in total. The number of carbonyl (C=O) groups excluding carboxylic acids is 3. The zero-order chi connectivity index (χ0) is 18.4. The van der Waals surface area contributed by atoms with Gasteiger partial charge in [-0.15, -0.1) is 0 Å². The molecular weight excluding hydrogens is 322 g/mol. The van der Waals surface area contributed by atoms with E-state index < -0.39 is 0 Å². The summed E-state index contributed by atoms with van der Waals surface area (Å²) < 4.78 is 5.53. The maximum atomic E-state index is 12.2. The molecule has 0 spiro atoms. The Labute approximate surface area is 150 Å². The summed E-state index contributed by atoms with van der Waals surface area (Å²) in [7, 11) is 0. The summed E-state index contributed by atoms with van der Waals surface area (Å²) in [5, 5.41) is 2.94. The van der Waals surface area contributed by atoms with E-state index in [0.29, 0.717) is 31.3 Å². The Kier molecular flexibility index (Phi) is 7.23. The summed E-state index contributed by atoms with van der Waals surface area (Å²) in [6.45, 7) is 9.02. The average Bonchev–Trinajstić information content (AvgIpc) is 2.55. The van der Waals surface area contributed by atoms with E-state index in [2.05, 4.69) is 19.2 Å². The Hall–Kier alpha value is -1.63. The molecule has 0 aliphatic carbocycles. The number of piperidine rings is 1. The highest BCUT2D eigenvalue weighted by molar-refractivity contribution is 5.78. The van der Waals surface area contributed by atoms with Crippen LogP contribution in [0.25, 0.3) is 0 Å². The largest absolute Gasteiger partial charge is 0.365 e. The van der Waals surface area contributed by atoms with Crippen LogP contribution in [0.3, 0.4) is 0 Å². The lowest BCUT2D eigenvalue weighted by atomic mass is 9.93. The first-order valence-electron chi connectivity index (χ1n) is 9.26. The molecule has 142 valence electrons. The number of likely N-dealkylation sites (tertiary alicyclic amines) is 1. The van der Waals surface area contributed by atoms with Crippen molar-refractivity contribution in [3.05, 3.63) is 0 Å². The van der Waals surface area contributed by atoms with Crippen LogP contribution in [-0.2, 0) is 19.1 Å². The molecule has 3 amide bonds. The molecule has 1 unspecified atom stereocenters. The van der Waals surface area contributed by atoms with Crippen LogP contribution in [0.2, 0.25) is 0 Å². The van der Waals surface area contributed by atoms with Crippen molar-refractivity contribution >= 4 is 17.7 Å². The lowest BCUT2D eigenvalue weighted by molar-refractivity contribution is -0.149. The molecule has 0 aromatic rings. The van der Waals surface area contributed by atoms with Crippen LogP contribution in [0.5, 0.6) is 0 Å². The normalized spacial score (nSPS) is 22.4. The predicted octanol–water partition coefficient (Wildman–Crippen LogP) is 0.635. The fraction of sp³-hybridized carbons (Fsp3) is 0.833. The maximum absolute atomic E-state index is 12.2. The molecule has 2 fully saturated rings. The lowest BCUT2D eigenvalue weighted by Crippen LogP contribution is -2.51. The molecule has 0 saturated carbocycles. The number of hydrogen-bond acceptors (Lipinski definition) is 4. The fourth-order valence-corrected chi connectivity index (χ4v) is 3.44. The van der Waals surface area contributed by atoms with Gasteiger partial charge in [0.2, 0.25) is 17.7 Å². The molecule has 0 aromatic carbocycles. The zero-order valence-electron chi connectivity index (χ0n) is 15.6. The standard InChI is InChI=1S/C18H31N3O4/c1-13(2)10-21-11-16(25-12-18(21)24)9-19-17(23)8-15-4-6-20(7-5-15)14(3)22/h13,15-16H,4-12H2,1-3H3,(H,19,23). The van der Waals surface area contributed by atoms with Gasteiger partial charge in [-0.25, -0.2) is 0 Å². The highest BCUT2D eigenvalue weighted by atomic mass is 16.5. The number of amides is 3. The minimum Gasteiger partial charge on any atom is -0.365 e. The molecular formula is C18H31N3O4. The second-order valence-corrected chi connectivity index (χ2v) is 7.58. The minimum atomic E-state index is -0.139. The molecule has 2 aliphatic heterocycles. The summed E-state index contributed by atoms with van der Waals surface area (Å²) in [4.78, 5) is 39.0. The molecule has 25 heavy (non-hydrogen) atoms. The lowest BCUT2D eigenvalue weighted by Gasteiger charge is -2.34. The summed E-state index contributed by atoms with van der Waals surface area (Å²) in [5.74, 6) is 0.906. The predicted molar refractivity (Wildman–Crippen MR) is 93.8 cm³/mol. The van der Waals surface area contributed by atoms with Crippen molar-refractivity contribution in [2.75, 3.05) is 39.3 Å². The van der Waals surface area contributed by atoms with E-state index in [9.17, 15) is 14.4 Å². The third-order valence-corrected chi connectivity index (χ3v) is 4.87. The Morgan fingerprint density at radius 3 is 2.56 bits per heavy atom. The zero-order valence-corrected chi connectivity index (χ0v) is 15.6. The molecule has 0 aromatic heterocycles. The average molecular weight is 353 g/mol. The highest BCUT2D eigenvalue weighted by Gasteiger charge is 2.27. The van der Waals surface area contributed by atoms with Gasteiger partial charge in [-0.05, 0) is 24.7 Å². The first-order valence-corrected chi connectivity index (χ1v) is 9.26. The van der Waals surface area contributed by atoms with E-state index >= 15 is 0 Å². The van der Waals surface area contributed by atoms with Gasteiger partial charge in [0, 0.05) is 46.1 Å². The summed E-state index contributed by atoms with van der Waals surface area (Å²) in [5.41, 5.74) is 0. The van der Waals surface area contributed by atoms with Crippen LogP contribution in [0.1, 0.15) is 40.0 Å². The van der Waals surface area contributed by atoms with Crippen molar-refractivity contribution in [3.63, 3.8) is 0 Å².